The van der Waals surface area contributed by atoms with E-state index >= 15 is 0 Å². The lowest BCUT2D eigenvalue weighted by Gasteiger charge is -2.06. The quantitative estimate of drug-likeness (QED) is 0.866. The predicted molar refractivity (Wildman–Crippen MR) is 64.4 cm³/mol. The first-order chi connectivity index (χ1) is 7.25. The van der Waals surface area contributed by atoms with Gasteiger partial charge in [-0.1, -0.05) is 6.07 Å². The largest absolute Gasteiger partial charge is 0.339 e. The van der Waals surface area contributed by atoms with Crippen LogP contribution in [0.1, 0.15) is 0 Å². The SMILES string of the molecule is Fc1cccc(Nc2ncncc2I)c1. The summed E-state index contributed by atoms with van der Waals surface area (Å²) in [6.07, 6.45) is 3.14. The second-order valence-electron chi connectivity index (χ2n) is 2.85. The zero-order valence-corrected chi connectivity index (χ0v) is 9.77. The first kappa shape index (κ1) is 10.3. The van der Waals surface area contributed by atoms with Crippen LogP contribution in [0.2, 0.25) is 0 Å². The molecule has 0 saturated heterocycles. The number of anilines is 2. The molecule has 0 bridgehead atoms. The number of hydrogen-bond donors (Lipinski definition) is 1. The Hall–Kier alpha value is -1.24. The summed E-state index contributed by atoms with van der Waals surface area (Å²) in [5.74, 6) is 0.403. The van der Waals surface area contributed by atoms with E-state index in [4.69, 9.17) is 0 Å². The van der Waals surface area contributed by atoms with Gasteiger partial charge in [0.25, 0.3) is 0 Å². The van der Waals surface area contributed by atoms with E-state index in [1.54, 1.807) is 18.3 Å². The van der Waals surface area contributed by atoms with Crippen molar-refractivity contribution in [1.82, 2.24) is 9.97 Å². The number of nitrogens with one attached hydrogen (secondary N) is 1. The third kappa shape index (κ3) is 2.62. The summed E-state index contributed by atoms with van der Waals surface area (Å²) >= 11 is 2.11. The Balaban J connectivity index is 2.26. The van der Waals surface area contributed by atoms with E-state index in [1.165, 1.54) is 18.5 Å². The van der Waals surface area contributed by atoms with Crippen molar-refractivity contribution in [3.05, 3.63) is 46.2 Å². The molecule has 0 amide bonds. The fraction of sp³-hybridized carbons (Fsp3) is 0. The van der Waals surface area contributed by atoms with E-state index < -0.39 is 0 Å². The Morgan fingerprint density at radius 3 is 2.93 bits per heavy atom. The van der Waals surface area contributed by atoms with Crippen molar-refractivity contribution >= 4 is 34.1 Å². The smallest absolute Gasteiger partial charge is 0.147 e. The van der Waals surface area contributed by atoms with Crippen LogP contribution in [-0.2, 0) is 0 Å². The lowest BCUT2D eigenvalue weighted by molar-refractivity contribution is 0.628. The van der Waals surface area contributed by atoms with Crippen LogP contribution in [0, 0.1) is 9.39 Å². The summed E-state index contributed by atoms with van der Waals surface area (Å²) in [5, 5.41) is 3.01. The Morgan fingerprint density at radius 2 is 2.20 bits per heavy atom. The minimum absolute atomic E-state index is 0.274. The maximum absolute atomic E-state index is 12.9. The average Bonchev–Trinajstić information content (AvgIpc) is 2.22. The molecule has 1 N–H and O–H groups in total. The lowest BCUT2D eigenvalue weighted by atomic mass is 10.3. The molecule has 2 rings (SSSR count). The molecular weight excluding hydrogens is 308 g/mol. The van der Waals surface area contributed by atoms with Gasteiger partial charge in [0.15, 0.2) is 0 Å². The molecule has 1 aromatic heterocycles. The Morgan fingerprint density at radius 1 is 1.33 bits per heavy atom. The average molecular weight is 315 g/mol. The van der Waals surface area contributed by atoms with Gasteiger partial charge in [0, 0.05) is 11.9 Å². The highest BCUT2D eigenvalue weighted by Crippen LogP contribution is 2.19. The van der Waals surface area contributed by atoms with E-state index in [-0.39, 0.29) is 5.82 Å². The Kier molecular flexibility index (Phi) is 3.10. The third-order valence-corrected chi connectivity index (χ3v) is 2.54. The van der Waals surface area contributed by atoms with E-state index in [2.05, 4.69) is 37.9 Å². The van der Waals surface area contributed by atoms with Crippen LogP contribution in [0.5, 0.6) is 0 Å². The minimum atomic E-state index is -0.274. The summed E-state index contributed by atoms with van der Waals surface area (Å²) in [6.45, 7) is 0. The van der Waals surface area contributed by atoms with Crippen LogP contribution < -0.4 is 5.32 Å². The van der Waals surface area contributed by atoms with Gasteiger partial charge in [-0.3, -0.25) is 0 Å². The van der Waals surface area contributed by atoms with E-state index in [0.29, 0.717) is 11.5 Å². The first-order valence-corrected chi connectivity index (χ1v) is 5.31. The second kappa shape index (κ2) is 4.52. The highest BCUT2D eigenvalue weighted by atomic mass is 127. The molecule has 0 aliphatic rings. The highest BCUT2D eigenvalue weighted by molar-refractivity contribution is 14.1. The van der Waals surface area contributed by atoms with Crippen LogP contribution in [-0.4, -0.2) is 9.97 Å². The van der Waals surface area contributed by atoms with Gasteiger partial charge in [-0.15, -0.1) is 0 Å². The molecule has 5 heteroatoms. The summed E-state index contributed by atoms with van der Waals surface area (Å²) in [6, 6.07) is 6.24. The molecule has 0 atom stereocenters. The van der Waals surface area contributed by atoms with Gasteiger partial charge < -0.3 is 5.32 Å². The monoisotopic (exact) mass is 315 g/mol. The maximum atomic E-state index is 12.9. The molecule has 2 aromatic rings. The molecule has 3 nitrogen and oxygen atoms in total. The van der Waals surface area contributed by atoms with E-state index in [0.717, 1.165) is 3.57 Å². The predicted octanol–water partition coefficient (Wildman–Crippen LogP) is 2.96. The number of rotatable bonds is 2. The first-order valence-electron chi connectivity index (χ1n) is 4.24. The standard InChI is InChI=1S/C10H7FIN3/c11-7-2-1-3-8(4-7)15-10-9(12)5-13-6-14-10/h1-6H,(H,13,14,15). The fourth-order valence-electron chi connectivity index (χ4n) is 1.11. The second-order valence-corrected chi connectivity index (χ2v) is 4.02. The molecule has 0 unspecified atom stereocenters. The van der Waals surface area contributed by atoms with Crippen LogP contribution >= 0.6 is 22.6 Å². The Labute approximate surface area is 99.9 Å². The summed E-state index contributed by atoms with van der Waals surface area (Å²) < 4.78 is 13.8. The minimum Gasteiger partial charge on any atom is -0.339 e. The van der Waals surface area contributed by atoms with Gasteiger partial charge in [-0.05, 0) is 40.8 Å². The van der Waals surface area contributed by atoms with Crippen molar-refractivity contribution in [3.63, 3.8) is 0 Å². The van der Waals surface area contributed by atoms with Crippen molar-refractivity contribution in [2.45, 2.75) is 0 Å². The van der Waals surface area contributed by atoms with Crippen LogP contribution in [0.15, 0.2) is 36.8 Å². The molecule has 0 aliphatic heterocycles. The highest BCUT2D eigenvalue weighted by Gasteiger charge is 2.01. The van der Waals surface area contributed by atoms with Gasteiger partial charge in [-0.25, -0.2) is 14.4 Å². The molecule has 76 valence electrons. The van der Waals surface area contributed by atoms with Gasteiger partial charge in [0.05, 0.1) is 3.57 Å². The van der Waals surface area contributed by atoms with Crippen molar-refractivity contribution in [2.75, 3.05) is 5.32 Å². The molecule has 0 fully saturated rings. The van der Waals surface area contributed by atoms with E-state index in [9.17, 15) is 4.39 Å². The summed E-state index contributed by atoms with van der Waals surface area (Å²) in [5.41, 5.74) is 0.673. The van der Waals surface area contributed by atoms with E-state index in [1.807, 2.05) is 0 Å². The Bertz CT molecular complexity index is 476. The molecule has 0 saturated carbocycles. The lowest BCUT2D eigenvalue weighted by Crippen LogP contribution is -1.96. The van der Waals surface area contributed by atoms with Crippen molar-refractivity contribution < 1.29 is 4.39 Å². The maximum Gasteiger partial charge on any atom is 0.147 e. The summed E-state index contributed by atoms with van der Waals surface area (Å²) in [7, 11) is 0. The third-order valence-electron chi connectivity index (χ3n) is 1.75. The number of hydrogen-bond acceptors (Lipinski definition) is 3. The number of halogens is 2. The van der Waals surface area contributed by atoms with Crippen LogP contribution in [0.25, 0.3) is 0 Å². The molecular formula is C10H7FIN3. The molecule has 15 heavy (non-hydrogen) atoms. The van der Waals surface area contributed by atoms with Gasteiger partial charge >= 0.3 is 0 Å². The number of aromatic nitrogens is 2. The molecule has 0 spiro atoms. The summed E-state index contributed by atoms with van der Waals surface area (Å²) in [4.78, 5) is 7.92. The molecule has 1 heterocycles. The topological polar surface area (TPSA) is 37.8 Å². The van der Waals surface area contributed by atoms with Crippen molar-refractivity contribution in [3.8, 4) is 0 Å². The van der Waals surface area contributed by atoms with Gasteiger partial charge in [-0.2, -0.15) is 0 Å². The van der Waals surface area contributed by atoms with Gasteiger partial charge in [0.2, 0.25) is 0 Å². The number of nitrogens with zero attached hydrogens (tertiary/aromatic N) is 2. The van der Waals surface area contributed by atoms with Crippen molar-refractivity contribution in [1.29, 1.82) is 0 Å². The molecule has 0 radical (unpaired) electrons. The van der Waals surface area contributed by atoms with Crippen LogP contribution in [0.3, 0.4) is 0 Å². The zero-order valence-electron chi connectivity index (χ0n) is 7.61. The molecule has 1 aromatic carbocycles. The fourth-order valence-corrected chi connectivity index (χ4v) is 1.54. The van der Waals surface area contributed by atoms with Crippen LogP contribution in [0.4, 0.5) is 15.9 Å². The normalized spacial score (nSPS) is 10.0. The zero-order chi connectivity index (χ0) is 10.7. The van der Waals surface area contributed by atoms with Gasteiger partial charge in [0.1, 0.15) is 18.0 Å². The number of benzene rings is 1. The molecule has 0 aliphatic carbocycles. The van der Waals surface area contributed by atoms with Crippen molar-refractivity contribution in [2.24, 2.45) is 0 Å².